The van der Waals surface area contributed by atoms with Crippen molar-refractivity contribution >= 4 is 11.7 Å². The Bertz CT molecular complexity index is 571. The van der Waals surface area contributed by atoms with E-state index in [1.54, 1.807) is 0 Å². The summed E-state index contributed by atoms with van der Waals surface area (Å²) in [6, 6.07) is 2.01. The van der Waals surface area contributed by atoms with Gasteiger partial charge in [0.1, 0.15) is 5.82 Å². The van der Waals surface area contributed by atoms with Gasteiger partial charge in [-0.1, -0.05) is 5.16 Å². The quantitative estimate of drug-likeness (QED) is 0.332. The molecule has 0 radical (unpaired) electrons. The van der Waals surface area contributed by atoms with Crippen molar-refractivity contribution in [3.8, 4) is 0 Å². The lowest BCUT2D eigenvalue weighted by Gasteiger charge is -2.22. The third kappa shape index (κ3) is 2.55. The van der Waals surface area contributed by atoms with Crippen molar-refractivity contribution in [1.29, 1.82) is 0 Å². The maximum Gasteiger partial charge on any atom is 0.173 e. The summed E-state index contributed by atoms with van der Waals surface area (Å²) in [5.74, 6) is 1.14. The number of anilines is 1. The molecule has 6 nitrogen and oxygen atoms in total. The van der Waals surface area contributed by atoms with Crippen molar-refractivity contribution in [2.24, 2.45) is 16.8 Å². The van der Waals surface area contributed by atoms with E-state index < -0.39 is 0 Å². The number of aryl methyl sites for hydroxylation is 2. The minimum Gasteiger partial charge on any atom is -0.409 e. The van der Waals surface area contributed by atoms with Crippen LogP contribution in [0.3, 0.4) is 0 Å². The predicted molar refractivity (Wildman–Crippen MR) is 80.8 cm³/mol. The molecule has 2 heterocycles. The largest absolute Gasteiger partial charge is 0.409 e. The van der Waals surface area contributed by atoms with Crippen LogP contribution in [0.1, 0.15) is 36.6 Å². The first-order valence-electron chi connectivity index (χ1n) is 7.54. The fourth-order valence-corrected chi connectivity index (χ4v) is 3.32. The number of pyridine rings is 1. The number of aliphatic hydroxyl groups is 1. The van der Waals surface area contributed by atoms with Crippen LogP contribution in [0.5, 0.6) is 0 Å². The van der Waals surface area contributed by atoms with E-state index >= 15 is 0 Å². The number of amidine groups is 1. The van der Waals surface area contributed by atoms with E-state index in [0.29, 0.717) is 5.56 Å². The number of hydrogen-bond acceptors (Lipinski definition) is 5. The van der Waals surface area contributed by atoms with E-state index in [1.807, 2.05) is 13.0 Å². The van der Waals surface area contributed by atoms with Crippen molar-refractivity contribution in [1.82, 2.24) is 4.98 Å². The van der Waals surface area contributed by atoms with Crippen molar-refractivity contribution in [3.63, 3.8) is 0 Å². The molecule has 6 heteroatoms. The lowest BCUT2D eigenvalue weighted by Crippen LogP contribution is -2.28. The molecule has 2 aliphatic rings. The van der Waals surface area contributed by atoms with Gasteiger partial charge in [0.05, 0.1) is 11.7 Å². The molecule has 1 aliphatic heterocycles. The van der Waals surface area contributed by atoms with Gasteiger partial charge in [-0.05, 0) is 44.2 Å². The fraction of sp³-hybridized carbons (Fsp3) is 0.600. The van der Waals surface area contributed by atoms with Gasteiger partial charge in [-0.2, -0.15) is 0 Å². The smallest absolute Gasteiger partial charge is 0.173 e. The highest BCUT2D eigenvalue weighted by Crippen LogP contribution is 2.31. The highest BCUT2D eigenvalue weighted by atomic mass is 16.4. The Labute approximate surface area is 124 Å². The third-order valence-corrected chi connectivity index (χ3v) is 4.62. The maximum absolute atomic E-state index is 9.76. The van der Waals surface area contributed by atoms with Crippen LogP contribution in [0.2, 0.25) is 0 Å². The molecule has 4 N–H and O–H groups in total. The number of aromatic nitrogens is 1. The summed E-state index contributed by atoms with van der Waals surface area (Å²) in [6.07, 6.45) is 3.72. The molecule has 1 aromatic heterocycles. The van der Waals surface area contributed by atoms with Crippen LogP contribution >= 0.6 is 0 Å². The molecule has 1 fully saturated rings. The number of aliphatic hydroxyl groups excluding tert-OH is 1. The van der Waals surface area contributed by atoms with E-state index in [4.69, 9.17) is 15.9 Å². The normalized spacial score (nSPS) is 23.4. The number of nitrogens with two attached hydrogens (primary N) is 1. The van der Waals surface area contributed by atoms with Crippen LogP contribution in [0.15, 0.2) is 11.2 Å². The lowest BCUT2D eigenvalue weighted by atomic mass is 10.0. The summed E-state index contributed by atoms with van der Waals surface area (Å²) >= 11 is 0. The molecule has 0 spiro atoms. The van der Waals surface area contributed by atoms with Gasteiger partial charge in [0, 0.05) is 24.7 Å². The molecular weight excluding hydrogens is 268 g/mol. The third-order valence-electron chi connectivity index (χ3n) is 4.62. The average molecular weight is 290 g/mol. The molecular formula is C15H22N4O2. The number of rotatable bonds is 3. The second kappa shape index (κ2) is 5.52. The fourth-order valence-electron chi connectivity index (χ4n) is 3.32. The van der Waals surface area contributed by atoms with Crippen LogP contribution in [0.25, 0.3) is 0 Å². The van der Waals surface area contributed by atoms with Crippen molar-refractivity contribution in [2.45, 2.75) is 38.7 Å². The number of hydrogen-bond donors (Lipinski definition) is 3. The van der Waals surface area contributed by atoms with Crippen molar-refractivity contribution < 1.29 is 10.3 Å². The molecule has 2 unspecified atom stereocenters. The van der Waals surface area contributed by atoms with Crippen molar-refractivity contribution in [3.05, 3.63) is 22.9 Å². The molecule has 2 atom stereocenters. The molecule has 21 heavy (non-hydrogen) atoms. The summed E-state index contributed by atoms with van der Waals surface area (Å²) in [7, 11) is 0. The summed E-state index contributed by atoms with van der Waals surface area (Å²) in [6.45, 7) is 3.43. The van der Waals surface area contributed by atoms with Crippen LogP contribution < -0.4 is 10.6 Å². The van der Waals surface area contributed by atoms with Gasteiger partial charge >= 0.3 is 0 Å². The van der Waals surface area contributed by atoms with Gasteiger partial charge in [-0.3, -0.25) is 0 Å². The topological polar surface area (TPSA) is 95.0 Å². The molecule has 0 saturated carbocycles. The highest BCUT2D eigenvalue weighted by molar-refractivity contribution is 6.01. The van der Waals surface area contributed by atoms with Gasteiger partial charge in [0.15, 0.2) is 5.84 Å². The second-order valence-corrected chi connectivity index (χ2v) is 6.04. The summed E-state index contributed by atoms with van der Waals surface area (Å²) in [5.41, 5.74) is 8.86. The second-order valence-electron chi connectivity index (χ2n) is 6.04. The Hall–Kier alpha value is -1.82. The van der Waals surface area contributed by atoms with E-state index in [2.05, 4.69) is 10.1 Å². The number of nitrogens with zero attached hydrogens (tertiary/aromatic N) is 3. The Morgan fingerprint density at radius 1 is 1.52 bits per heavy atom. The van der Waals surface area contributed by atoms with Crippen LogP contribution in [0, 0.1) is 5.92 Å². The highest BCUT2D eigenvalue weighted by Gasteiger charge is 2.30. The van der Waals surface area contributed by atoms with E-state index in [9.17, 15) is 5.11 Å². The van der Waals surface area contributed by atoms with Gasteiger partial charge < -0.3 is 20.9 Å². The number of oxime groups is 1. The summed E-state index contributed by atoms with van der Waals surface area (Å²) in [5, 5.41) is 21.9. The zero-order valence-electron chi connectivity index (χ0n) is 12.3. The minimum atomic E-state index is -0.322. The molecule has 1 saturated heterocycles. The first-order chi connectivity index (χ1) is 10.1. The molecule has 1 aliphatic carbocycles. The van der Waals surface area contributed by atoms with Crippen molar-refractivity contribution in [2.75, 3.05) is 18.0 Å². The molecule has 1 aromatic rings. The minimum absolute atomic E-state index is 0.104. The molecule has 3 rings (SSSR count). The van der Waals surface area contributed by atoms with E-state index in [-0.39, 0.29) is 17.9 Å². The van der Waals surface area contributed by atoms with E-state index in [1.165, 1.54) is 5.56 Å². The Kier molecular flexibility index (Phi) is 3.71. The summed E-state index contributed by atoms with van der Waals surface area (Å²) < 4.78 is 0. The van der Waals surface area contributed by atoms with E-state index in [0.717, 1.165) is 50.3 Å². The van der Waals surface area contributed by atoms with Crippen LogP contribution in [-0.4, -0.2) is 40.3 Å². The summed E-state index contributed by atoms with van der Waals surface area (Å²) in [4.78, 5) is 6.91. The molecule has 0 amide bonds. The average Bonchev–Trinajstić information content (AvgIpc) is 3.13. The first kappa shape index (κ1) is 14.1. The van der Waals surface area contributed by atoms with Gasteiger partial charge in [0.25, 0.3) is 0 Å². The Morgan fingerprint density at radius 3 is 3.00 bits per heavy atom. The first-order valence-corrected chi connectivity index (χ1v) is 7.54. The van der Waals surface area contributed by atoms with Gasteiger partial charge in [-0.15, -0.1) is 0 Å². The Balaban J connectivity index is 1.97. The number of fused-ring (bicyclic) bond motifs is 1. The molecule has 0 aromatic carbocycles. The Morgan fingerprint density at radius 2 is 2.33 bits per heavy atom. The maximum atomic E-state index is 9.76. The molecule has 0 bridgehead atoms. The van der Waals surface area contributed by atoms with Crippen LogP contribution in [0.4, 0.5) is 5.82 Å². The SMILES string of the molecule is CC(O)C1CCN(c2nc3c(cc2C(N)=NO)CCC3)C1. The molecule has 114 valence electrons. The van der Waals surface area contributed by atoms with Gasteiger partial charge in [0.2, 0.25) is 0 Å². The predicted octanol–water partition coefficient (Wildman–Crippen LogP) is 0.872. The standard InChI is InChI=1S/C15H22N4O2/c1-9(20)11-5-6-19(8-11)15-12(14(16)18-21)7-10-3-2-4-13(10)17-15/h7,9,11,20-21H,2-6,8H2,1H3,(H2,16,18). The van der Waals surface area contributed by atoms with Gasteiger partial charge in [-0.25, -0.2) is 4.98 Å². The monoisotopic (exact) mass is 290 g/mol. The zero-order valence-corrected chi connectivity index (χ0v) is 12.3. The zero-order chi connectivity index (χ0) is 15.0. The lowest BCUT2D eigenvalue weighted by molar-refractivity contribution is 0.136. The van der Waals surface area contributed by atoms with Crippen LogP contribution in [-0.2, 0) is 12.8 Å².